The van der Waals surface area contributed by atoms with Crippen molar-refractivity contribution in [1.82, 2.24) is 0 Å². The molecule has 2 saturated heterocycles. The van der Waals surface area contributed by atoms with Crippen molar-refractivity contribution in [3.63, 3.8) is 0 Å². The van der Waals surface area contributed by atoms with Gasteiger partial charge in [0.15, 0.2) is 12.6 Å². The van der Waals surface area contributed by atoms with Crippen molar-refractivity contribution >= 4 is 28.9 Å². The highest BCUT2D eigenvalue weighted by atomic mass is 127. The Morgan fingerprint density at radius 1 is 1.27 bits per heavy atom. The molecule has 26 heavy (non-hydrogen) atoms. The molecule has 0 unspecified atom stereocenters. The van der Waals surface area contributed by atoms with Crippen LogP contribution in [0.3, 0.4) is 0 Å². The maximum Gasteiger partial charge on any atom is 0.184 e. The van der Waals surface area contributed by atoms with Crippen LogP contribution in [0, 0.1) is 5.92 Å². The summed E-state index contributed by atoms with van der Waals surface area (Å²) in [6.45, 7) is 0.352. The monoisotopic (exact) mass is 476 g/mol. The molecule has 0 saturated carbocycles. The third kappa shape index (κ3) is 3.70. The minimum atomic E-state index is -0.812. The fourth-order valence-corrected chi connectivity index (χ4v) is 4.70. The van der Waals surface area contributed by atoms with Crippen LogP contribution in [0.2, 0.25) is 0 Å². The van der Waals surface area contributed by atoms with Crippen LogP contribution < -0.4 is 0 Å². The molecule has 0 spiro atoms. The number of rotatable bonds is 7. The highest BCUT2D eigenvalue weighted by molar-refractivity contribution is 14.1. The molecular formula is C19H25IO6. The molecule has 144 valence electrons. The van der Waals surface area contributed by atoms with Gasteiger partial charge >= 0.3 is 0 Å². The summed E-state index contributed by atoms with van der Waals surface area (Å²) >= 11 is 2.32. The van der Waals surface area contributed by atoms with Gasteiger partial charge < -0.3 is 28.5 Å². The van der Waals surface area contributed by atoms with Crippen molar-refractivity contribution in [2.75, 3.05) is 25.3 Å². The molecule has 0 N–H and O–H groups in total. The van der Waals surface area contributed by atoms with Gasteiger partial charge in [-0.25, -0.2) is 0 Å². The van der Waals surface area contributed by atoms with Crippen LogP contribution in [-0.4, -0.2) is 55.6 Å². The van der Waals surface area contributed by atoms with Crippen LogP contribution in [-0.2, 0) is 28.5 Å². The van der Waals surface area contributed by atoms with E-state index in [2.05, 4.69) is 22.6 Å². The van der Waals surface area contributed by atoms with Crippen LogP contribution >= 0.6 is 22.6 Å². The Morgan fingerprint density at radius 3 is 2.65 bits per heavy atom. The fourth-order valence-electron chi connectivity index (χ4n) is 4.03. The second-order valence-electron chi connectivity index (χ2n) is 6.53. The number of benzene rings is 1. The summed E-state index contributed by atoms with van der Waals surface area (Å²) in [7, 11) is 3.25. The molecular weight excluding hydrogens is 451 g/mol. The molecule has 6 atom stereocenters. The van der Waals surface area contributed by atoms with E-state index >= 15 is 0 Å². The molecule has 0 radical (unpaired) electrons. The van der Waals surface area contributed by atoms with E-state index in [0.717, 1.165) is 22.7 Å². The number of aldehydes is 1. The van der Waals surface area contributed by atoms with E-state index < -0.39 is 24.3 Å². The number of carbonyl (C=O) groups excluding carboxylic acids is 1. The Balaban J connectivity index is 1.94. The lowest BCUT2D eigenvalue weighted by molar-refractivity contribution is -0.378. The lowest BCUT2D eigenvalue weighted by Gasteiger charge is -2.55. The minimum Gasteiger partial charge on any atom is -0.374 e. The molecule has 0 bridgehead atoms. The first-order valence-corrected chi connectivity index (χ1v) is 10.3. The Morgan fingerprint density at radius 2 is 2.04 bits per heavy atom. The predicted octanol–water partition coefficient (Wildman–Crippen LogP) is 2.89. The molecule has 1 aromatic rings. The van der Waals surface area contributed by atoms with Gasteiger partial charge in [-0.15, -0.1) is 0 Å². The Bertz CT molecular complexity index is 585. The number of ether oxygens (including phenoxy) is 5. The maximum atomic E-state index is 11.6. The van der Waals surface area contributed by atoms with Crippen LogP contribution in [0.4, 0.5) is 0 Å². The van der Waals surface area contributed by atoms with Gasteiger partial charge in [0, 0.05) is 36.5 Å². The number of fused-ring (bicyclic) bond motifs is 1. The molecule has 3 rings (SSSR count). The Labute approximate surface area is 167 Å². The quantitative estimate of drug-likeness (QED) is 0.343. The van der Waals surface area contributed by atoms with Gasteiger partial charge in [0.1, 0.15) is 24.1 Å². The molecule has 2 aliphatic rings. The van der Waals surface area contributed by atoms with Gasteiger partial charge in [0.05, 0.1) is 6.61 Å². The van der Waals surface area contributed by atoms with Crippen LogP contribution in [0.1, 0.15) is 24.7 Å². The molecule has 7 heteroatoms. The normalized spacial score (nSPS) is 37.1. The second kappa shape index (κ2) is 9.07. The van der Waals surface area contributed by atoms with Crippen LogP contribution in [0.25, 0.3) is 0 Å². The average molecular weight is 476 g/mol. The number of alkyl halides is 1. The highest BCUT2D eigenvalue weighted by Gasteiger charge is 2.59. The van der Waals surface area contributed by atoms with Crippen LogP contribution in [0.15, 0.2) is 30.3 Å². The summed E-state index contributed by atoms with van der Waals surface area (Å²) in [6.07, 6.45) is 0.157. The van der Waals surface area contributed by atoms with Gasteiger partial charge in [-0.2, -0.15) is 0 Å². The summed E-state index contributed by atoms with van der Waals surface area (Å²) in [5.74, 6) is -0.115. The molecule has 2 aliphatic heterocycles. The molecule has 0 aromatic heterocycles. The van der Waals surface area contributed by atoms with Crippen LogP contribution in [0.5, 0.6) is 0 Å². The largest absolute Gasteiger partial charge is 0.374 e. The van der Waals surface area contributed by atoms with Crippen molar-refractivity contribution in [3.8, 4) is 0 Å². The van der Waals surface area contributed by atoms with Gasteiger partial charge in [0.2, 0.25) is 0 Å². The summed E-state index contributed by atoms with van der Waals surface area (Å²) in [5, 5.41) is 0. The molecule has 6 nitrogen and oxygen atoms in total. The van der Waals surface area contributed by atoms with Gasteiger partial charge in [-0.1, -0.05) is 52.9 Å². The lowest BCUT2D eigenvalue weighted by atomic mass is 9.73. The van der Waals surface area contributed by atoms with E-state index in [0.29, 0.717) is 6.61 Å². The zero-order chi connectivity index (χ0) is 18.6. The van der Waals surface area contributed by atoms with E-state index in [4.69, 9.17) is 23.7 Å². The first kappa shape index (κ1) is 20.2. The minimum absolute atomic E-state index is 0.115. The van der Waals surface area contributed by atoms with Crippen molar-refractivity contribution < 1.29 is 28.5 Å². The van der Waals surface area contributed by atoms with Crippen molar-refractivity contribution in [2.24, 2.45) is 5.92 Å². The van der Waals surface area contributed by atoms with Gasteiger partial charge in [-0.3, -0.25) is 0 Å². The molecule has 2 fully saturated rings. The van der Waals surface area contributed by atoms with Gasteiger partial charge in [-0.05, 0) is 6.42 Å². The third-order valence-electron chi connectivity index (χ3n) is 5.27. The summed E-state index contributed by atoms with van der Waals surface area (Å²) in [6, 6.07) is 9.76. The molecule has 0 amide bonds. The zero-order valence-corrected chi connectivity index (χ0v) is 17.2. The SMILES string of the molecule is CO[C@H]1O[C@@H]2CO[C@@H](c3ccccc3)O[C@H]2[C@@](CC=O)(OC)[C@H]1CCI. The number of methoxy groups -OCH3 is 2. The van der Waals surface area contributed by atoms with E-state index in [1.54, 1.807) is 14.2 Å². The second-order valence-corrected chi connectivity index (χ2v) is 7.60. The number of hydrogen-bond donors (Lipinski definition) is 0. The molecule has 2 heterocycles. The van der Waals surface area contributed by atoms with Crippen molar-refractivity contribution in [3.05, 3.63) is 35.9 Å². The van der Waals surface area contributed by atoms with Gasteiger partial charge in [0.25, 0.3) is 0 Å². The van der Waals surface area contributed by atoms with Crippen molar-refractivity contribution in [1.29, 1.82) is 0 Å². The van der Waals surface area contributed by atoms with E-state index in [9.17, 15) is 4.79 Å². The van der Waals surface area contributed by atoms with E-state index in [1.165, 1.54) is 0 Å². The number of hydrogen-bond acceptors (Lipinski definition) is 6. The zero-order valence-electron chi connectivity index (χ0n) is 15.0. The Hall–Kier alpha value is -0.580. The first-order chi connectivity index (χ1) is 12.7. The third-order valence-corrected chi connectivity index (χ3v) is 5.90. The first-order valence-electron chi connectivity index (χ1n) is 8.75. The summed E-state index contributed by atoms with van der Waals surface area (Å²) < 4.78 is 30.8. The smallest absolute Gasteiger partial charge is 0.184 e. The summed E-state index contributed by atoms with van der Waals surface area (Å²) in [4.78, 5) is 11.6. The molecule has 1 aromatic carbocycles. The number of halogens is 1. The summed E-state index contributed by atoms with van der Waals surface area (Å²) in [5.41, 5.74) is 0.120. The predicted molar refractivity (Wildman–Crippen MR) is 103 cm³/mol. The average Bonchev–Trinajstić information content (AvgIpc) is 2.70. The standard InChI is InChI=1S/C19H25IO6/c1-22-18-14(8-10-20)19(23-2,9-11-21)16-15(25-18)12-24-17(26-16)13-6-4-3-5-7-13/h3-7,11,14-18H,8-10,12H2,1-2H3/t14-,15+,16+,17+,18-,19-/m0/s1. The molecule has 0 aliphatic carbocycles. The maximum absolute atomic E-state index is 11.6. The Kier molecular flexibility index (Phi) is 7.04. The topological polar surface area (TPSA) is 63.2 Å². The number of carbonyl (C=O) groups is 1. The van der Waals surface area contributed by atoms with E-state index in [-0.39, 0.29) is 18.4 Å². The fraction of sp³-hybridized carbons (Fsp3) is 0.632. The highest BCUT2D eigenvalue weighted by Crippen LogP contribution is 2.46. The van der Waals surface area contributed by atoms with E-state index in [1.807, 2.05) is 30.3 Å². The lowest BCUT2D eigenvalue weighted by Crippen LogP contribution is -2.68. The van der Waals surface area contributed by atoms with Crippen molar-refractivity contribution in [2.45, 2.75) is 43.2 Å².